The molecule has 3 rings (SSSR count). The maximum absolute atomic E-state index is 12.9. The van der Waals surface area contributed by atoms with E-state index in [1.807, 2.05) is 0 Å². The topological polar surface area (TPSA) is 98.3 Å². The highest BCUT2D eigenvalue weighted by Gasteiger charge is 2.18. The molecule has 1 amide bonds. The Balaban J connectivity index is 1.74. The summed E-state index contributed by atoms with van der Waals surface area (Å²) in [7, 11) is 0. The van der Waals surface area contributed by atoms with Crippen LogP contribution in [0.25, 0.3) is 11.3 Å². The Morgan fingerprint density at radius 1 is 1.26 bits per heavy atom. The molecular weight excluding hydrogens is 325 g/mol. The van der Waals surface area contributed by atoms with Gasteiger partial charge in [0.2, 0.25) is 0 Å². The van der Waals surface area contributed by atoms with Crippen molar-refractivity contribution in [1.29, 1.82) is 0 Å². The number of halogens is 1. The van der Waals surface area contributed by atoms with Crippen LogP contribution in [0.15, 0.2) is 46.2 Å². The van der Waals surface area contributed by atoms with Gasteiger partial charge in [0.1, 0.15) is 10.7 Å². The van der Waals surface area contributed by atoms with E-state index in [9.17, 15) is 19.3 Å². The number of nitrogens with zero attached hydrogens (tertiary/aromatic N) is 2. The molecule has 0 atom stereocenters. The van der Waals surface area contributed by atoms with Crippen molar-refractivity contribution in [1.82, 2.24) is 4.98 Å². The highest BCUT2D eigenvalue weighted by atomic mass is 32.1. The normalized spacial score (nSPS) is 10.5. The third-order valence-electron chi connectivity index (χ3n) is 2.86. The van der Waals surface area contributed by atoms with Crippen molar-refractivity contribution in [2.75, 3.05) is 5.32 Å². The lowest BCUT2D eigenvalue weighted by molar-refractivity contribution is -0.402. The van der Waals surface area contributed by atoms with Crippen LogP contribution in [0.5, 0.6) is 0 Å². The molecule has 1 N–H and O–H groups in total. The summed E-state index contributed by atoms with van der Waals surface area (Å²) >= 11 is 1.17. The molecule has 0 radical (unpaired) electrons. The molecule has 0 saturated heterocycles. The average Bonchev–Trinajstić information content (AvgIpc) is 3.17. The average molecular weight is 333 g/mol. The number of aromatic nitrogens is 1. The molecule has 1 aromatic carbocycles. The Labute approximate surface area is 132 Å². The van der Waals surface area contributed by atoms with Gasteiger partial charge in [-0.15, -0.1) is 11.3 Å². The van der Waals surface area contributed by atoms with Gasteiger partial charge in [-0.05, 0) is 30.3 Å². The van der Waals surface area contributed by atoms with Crippen LogP contribution >= 0.6 is 11.3 Å². The van der Waals surface area contributed by atoms with Gasteiger partial charge in [0, 0.05) is 10.9 Å². The Morgan fingerprint density at radius 2 is 2.00 bits per heavy atom. The smallest absolute Gasteiger partial charge is 0.395 e. The lowest BCUT2D eigenvalue weighted by atomic mass is 10.2. The largest absolute Gasteiger partial charge is 0.433 e. The standard InChI is InChI=1S/C14H8FN3O4S/c15-9-3-1-8(2-4-9)10-7-23-14(16-10)17-13(19)11-5-6-12(22-11)18(20)21/h1-7H,(H,16,17,19). The number of anilines is 1. The molecule has 0 unspecified atom stereocenters. The molecule has 0 aliphatic heterocycles. The molecule has 3 aromatic rings. The van der Waals surface area contributed by atoms with Gasteiger partial charge >= 0.3 is 5.88 Å². The Kier molecular flexibility index (Phi) is 3.85. The van der Waals surface area contributed by atoms with Gasteiger partial charge in [0.15, 0.2) is 10.9 Å². The molecule has 0 saturated carbocycles. The minimum atomic E-state index is -0.729. The molecule has 0 fully saturated rings. The number of carbonyl (C=O) groups excluding carboxylic acids is 1. The molecule has 23 heavy (non-hydrogen) atoms. The van der Waals surface area contributed by atoms with Crippen LogP contribution in [0, 0.1) is 15.9 Å². The summed E-state index contributed by atoms with van der Waals surface area (Å²) in [6.07, 6.45) is 0. The number of amides is 1. The fraction of sp³-hybridized carbons (Fsp3) is 0. The van der Waals surface area contributed by atoms with Crippen molar-refractivity contribution < 1.29 is 18.5 Å². The maximum atomic E-state index is 12.9. The van der Waals surface area contributed by atoms with Gasteiger partial charge in [-0.1, -0.05) is 0 Å². The number of thiazole rings is 1. The van der Waals surface area contributed by atoms with Crippen molar-refractivity contribution in [3.8, 4) is 11.3 Å². The first kappa shape index (κ1) is 14.9. The number of hydrogen-bond donors (Lipinski definition) is 1. The highest BCUT2D eigenvalue weighted by molar-refractivity contribution is 7.14. The highest BCUT2D eigenvalue weighted by Crippen LogP contribution is 2.25. The zero-order valence-electron chi connectivity index (χ0n) is 11.4. The Morgan fingerprint density at radius 3 is 2.65 bits per heavy atom. The molecular formula is C14H8FN3O4S. The number of carbonyl (C=O) groups is 1. The second-order valence-electron chi connectivity index (χ2n) is 4.39. The second kappa shape index (κ2) is 5.97. The molecule has 0 spiro atoms. The van der Waals surface area contributed by atoms with Gasteiger partial charge in [0.05, 0.1) is 11.8 Å². The first-order chi connectivity index (χ1) is 11.0. The van der Waals surface area contributed by atoms with E-state index in [-0.39, 0.29) is 11.6 Å². The van der Waals surface area contributed by atoms with Crippen LogP contribution in [0.3, 0.4) is 0 Å². The summed E-state index contributed by atoms with van der Waals surface area (Å²) in [5, 5.41) is 15.0. The van der Waals surface area contributed by atoms with Gasteiger partial charge in [-0.25, -0.2) is 9.37 Å². The summed E-state index contributed by atoms with van der Waals surface area (Å²) in [5.41, 5.74) is 1.28. The van der Waals surface area contributed by atoms with Gasteiger partial charge in [-0.2, -0.15) is 0 Å². The molecule has 116 valence electrons. The van der Waals surface area contributed by atoms with Crippen LogP contribution < -0.4 is 5.32 Å². The van der Waals surface area contributed by atoms with E-state index in [2.05, 4.69) is 10.3 Å². The van der Waals surface area contributed by atoms with E-state index in [1.54, 1.807) is 17.5 Å². The number of rotatable bonds is 4. The van der Waals surface area contributed by atoms with Crippen LogP contribution in [0.2, 0.25) is 0 Å². The summed E-state index contributed by atoms with van der Waals surface area (Å²) in [4.78, 5) is 25.9. The zero-order chi connectivity index (χ0) is 16.4. The van der Waals surface area contributed by atoms with E-state index in [0.29, 0.717) is 16.4 Å². The van der Waals surface area contributed by atoms with E-state index in [4.69, 9.17) is 4.42 Å². The van der Waals surface area contributed by atoms with Crippen molar-refractivity contribution in [3.63, 3.8) is 0 Å². The Bertz CT molecular complexity index is 872. The van der Waals surface area contributed by atoms with E-state index in [1.165, 1.54) is 29.5 Å². The summed E-state index contributed by atoms with van der Waals surface area (Å²) in [6, 6.07) is 8.09. The molecule has 9 heteroatoms. The van der Waals surface area contributed by atoms with Gasteiger partial charge < -0.3 is 4.42 Å². The summed E-state index contributed by atoms with van der Waals surface area (Å²) < 4.78 is 17.7. The van der Waals surface area contributed by atoms with Gasteiger partial charge in [-0.3, -0.25) is 20.2 Å². The SMILES string of the molecule is O=C(Nc1nc(-c2ccc(F)cc2)cs1)c1ccc([N+](=O)[O-])o1. The predicted molar refractivity (Wildman–Crippen MR) is 80.8 cm³/mol. The first-order valence-corrected chi connectivity index (χ1v) is 7.18. The van der Waals surface area contributed by atoms with E-state index >= 15 is 0 Å². The van der Waals surface area contributed by atoms with Gasteiger partial charge in [0.25, 0.3) is 5.91 Å². The first-order valence-electron chi connectivity index (χ1n) is 6.30. The van der Waals surface area contributed by atoms with Crippen molar-refractivity contribution >= 4 is 28.3 Å². The van der Waals surface area contributed by atoms with E-state index in [0.717, 1.165) is 6.07 Å². The van der Waals surface area contributed by atoms with Crippen molar-refractivity contribution in [2.45, 2.75) is 0 Å². The third-order valence-corrected chi connectivity index (χ3v) is 3.62. The van der Waals surface area contributed by atoms with Crippen molar-refractivity contribution in [3.05, 3.63) is 63.5 Å². The molecule has 0 aliphatic carbocycles. The quantitative estimate of drug-likeness (QED) is 0.580. The van der Waals surface area contributed by atoms with Crippen LogP contribution in [0.1, 0.15) is 10.6 Å². The number of benzene rings is 1. The molecule has 0 bridgehead atoms. The van der Waals surface area contributed by atoms with Crippen molar-refractivity contribution in [2.24, 2.45) is 0 Å². The molecule has 2 aromatic heterocycles. The van der Waals surface area contributed by atoms with Crippen LogP contribution in [-0.2, 0) is 0 Å². The van der Waals surface area contributed by atoms with Crippen LogP contribution in [-0.4, -0.2) is 15.8 Å². The third kappa shape index (κ3) is 3.24. The lowest BCUT2D eigenvalue weighted by Crippen LogP contribution is -2.10. The predicted octanol–water partition coefficient (Wildman–Crippen LogP) is 3.70. The lowest BCUT2D eigenvalue weighted by Gasteiger charge is -1.98. The number of nitro groups is 1. The molecule has 2 heterocycles. The minimum absolute atomic E-state index is 0.185. The second-order valence-corrected chi connectivity index (χ2v) is 5.25. The Hall–Kier alpha value is -3.07. The van der Waals surface area contributed by atoms with Crippen LogP contribution in [0.4, 0.5) is 15.4 Å². The monoisotopic (exact) mass is 333 g/mol. The minimum Gasteiger partial charge on any atom is -0.395 e. The fourth-order valence-corrected chi connectivity index (χ4v) is 2.51. The van der Waals surface area contributed by atoms with E-state index < -0.39 is 16.7 Å². The molecule has 0 aliphatic rings. The fourth-order valence-electron chi connectivity index (χ4n) is 1.79. The summed E-state index contributed by atoms with van der Waals surface area (Å²) in [5.74, 6) is -1.69. The summed E-state index contributed by atoms with van der Waals surface area (Å²) in [6.45, 7) is 0. The number of hydrogen-bond acceptors (Lipinski definition) is 6. The molecule has 7 nitrogen and oxygen atoms in total. The zero-order valence-corrected chi connectivity index (χ0v) is 12.2. The number of furan rings is 1. The number of nitrogens with one attached hydrogen (secondary N) is 1. The maximum Gasteiger partial charge on any atom is 0.433 e.